The van der Waals surface area contributed by atoms with Gasteiger partial charge in [0, 0.05) is 45.6 Å². The zero-order valence-electron chi connectivity index (χ0n) is 20.1. The third kappa shape index (κ3) is 4.19. The summed E-state index contributed by atoms with van der Waals surface area (Å²) in [7, 11) is 0. The van der Waals surface area contributed by atoms with Crippen LogP contribution < -0.4 is 5.32 Å². The molecule has 0 fully saturated rings. The molecule has 182 valence electrons. The van der Waals surface area contributed by atoms with Crippen molar-refractivity contribution < 1.29 is 9.59 Å². The molecule has 1 aromatic carbocycles. The van der Waals surface area contributed by atoms with E-state index in [1.54, 1.807) is 25.5 Å². The molecule has 6 aromatic rings. The lowest BCUT2D eigenvalue weighted by Crippen LogP contribution is -2.09. The van der Waals surface area contributed by atoms with E-state index < -0.39 is 0 Å². The number of anilines is 1. The predicted molar refractivity (Wildman–Crippen MR) is 147 cm³/mol. The third-order valence-corrected chi connectivity index (χ3v) is 7.48. The lowest BCUT2D eigenvalue weighted by atomic mass is 10.0. The first-order valence-corrected chi connectivity index (χ1v) is 12.6. The SMILES string of the molecule is CCC(=O)Nc1cncc(-c2ccc3[nH]nc(-c4cc5c(-c6ccc(C(C)=O)s6)cncc5[nH]4)c3c2)c1. The van der Waals surface area contributed by atoms with E-state index in [2.05, 4.69) is 42.6 Å². The highest BCUT2D eigenvalue weighted by molar-refractivity contribution is 7.17. The number of pyridine rings is 2. The highest BCUT2D eigenvalue weighted by Gasteiger charge is 2.16. The van der Waals surface area contributed by atoms with Gasteiger partial charge in [0.05, 0.1) is 39.7 Å². The number of aromatic amines is 2. The molecule has 5 heterocycles. The van der Waals surface area contributed by atoms with E-state index >= 15 is 0 Å². The van der Waals surface area contributed by atoms with Crippen molar-refractivity contribution in [1.29, 1.82) is 0 Å². The standard InChI is InChI=1S/C28H22N6O2S/c1-3-27(36)31-18-8-17(11-29-12-18)16-4-5-22-20(9-16)28(34-33-22)23-10-19-21(13-30-14-24(19)32-23)26-7-6-25(37-26)15(2)35/h4-14,32H,3H2,1-2H3,(H,31,36)(H,33,34). The van der Waals surface area contributed by atoms with Crippen LogP contribution in [-0.2, 0) is 4.79 Å². The quantitative estimate of drug-likeness (QED) is 0.225. The number of nitrogens with zero attached hydrogens (tertiary/aromatic N) is 3. The van der Waals surface area contributed by atoms with E-state index in [-0.39, 0.29) is 11.7 Å². The number of nitrogens with one attached hydrogen (secondary N) is 3. The summed E-state index contributed by atoms with van der Waals surface area (Å²) in [5, 5.41) is 12.6. The van der Waals surface area contributed by atoms with Crippen LogP contribution in [0.1, 0.15) is 29.9 Å². The van der Waals surface area contributed by atoms with E-state index in [1.165, 1.54) is 11.3 Å². The van der Waals surface area contributed by atoms with Gasteiger partial charge in [-0.05, 0) is 48.9 Å². The number of benzene rings is 1. The van der Waals surface area contributed by atoms with Crippen molar-refractivity contribution in [2.24, 2.45) is 0 Å². The number of rotatable bonds is 6. The fourth-order valence-corrected chi connectivity index (χ4v) is 5.29. The molecule has 9 heteroatoms. The first-order valence-electron chi connectivity index (χ1n) is 11.8. The van der Waals surface area contributed by atoms with Crippen LogP contribution in [-0.4, -0.2) is 36.8 Å². The number of fused-ring (bicyclic) bond motifs is 2. The Labute approximate surface area is 215 Å². The minimum Gasteiger partial charge on any atom is -0.352 e. The second kappa shape index (κ2) is 9.11. The van der Waals surface area contributed by atoms with Gasteiger partial charge in [0.25, 0.3) is 0 Å². The van der Waals surface area contributed by atoms with Crippen molar-refractivity contribution in [2.45, 2.75) is 20.3 Å². The average molecular weight is 507 g/mol. The molecule has 0 aliphatic heterocycles. The van der Waals surface area contributed by atoms with Crippen LogP contribution in [0, 0.1) is 0 Å². The number of Topliss-reactive ketones (excluding diaryl/α,β-unsaturated/α-hetero) is 1. The van der Waals surface area contributed by atoms with Gasteiger partial charge in [0.1, 0.15) is 5.69 Å². The Bertz CT molecular complexity index is 1810. The number of hydrogen-bond acceptors (Lipinski definition) is 6. The number of carbonyl (C=O) groups excluding carboxylic acids is 2. The highest BCUT2D eigenvalue weighted by Crippen LogP contribution is 2.37. The second-order valence-corrected chi connectivity index (χ2v) is 9.83. The number of ketones is 1. The summed E-state index contributed by atoms with van der Waals surface area (Å²) in [6, 6.07) is 13.9. The minimum atomic E-state index is -0.0562. The molecular formula is C28H22N6O2S. The van der Waals surface area contributed by atoms with Crippen LogP contribution in [0.25, 0.3) is 54.8 Å². The Morgan fingerprint density at radius 1 is 0.919 bits per heavy atom. The summed E-state index contributed by atoms with van der Waals surface area (Å²) in [6.07, 6.45) is 7.44. The Kier molecular flexibility index (Phi) is 5.61. The van der Waals surface area contributed by atoms with Crippen molar-refractivity contribution in [1.82, 2.24) is 25.1 Å². The highest BCUT2D eigenvalue weighted by atomic mass is 32.1. The van der Waals surface area contributed by atoms with Crippen LogP contribution in [0.15, 0.2) is 67.3 Å². The summed E-state index contributed by atoms with van der Waals surface area (Å²) in [4.78, 5) is 37.5. The summed E-state index contributed by atoms with van der Waals surface area (Å²) in [5.74, 6) is -0.00215. The molecule has 0 spiro atoms. The Hall–Kier alpha value is -4.63. The third-order valence-electron chi connectivity index (χ3n) is 6.26. The number of hydrogen-bond donors (Lipinski definition) is 3. The molecule has 0 aliphatic rings. The van der Waals surface area contributed by atoms with Crippen LogP contribution in [0.5, 0.6) is 0 Å². The topological polar surface area (TPSA) is 116 Å². The molecule has 6 rings (SSSR count). The molecule has 5 aromatic heterocycles. The largest absolute Gasteiger partial charge is 0.352 e. The van der Waals surface area contributed by atoms with E-state index in [1.807, 2.05) is 43.5 Å². The van der Waals surface area contributed by atoms with Crippen LogP contribution >= 0.6 is 11.3 Å². The summed E-state index contributed by atoms with van der Waals surface area (Å²) in [5.41, 5.74) is 6.93. The van der Waals surface area contributed by atoms with Gasteiger partial charge in [0.15, 0.2) is 5.78 Å². The van der Waals surface area contributed by atoms with Gasteiger partial charge in [-0.2, -0.15) is 5.10 Å². The van der Waals surface area contributed by atoms with Crippen molar-refractivity contribution in [3.05, 3.63) is 72.1 Å². The fraction of sp³-hybridized carbons (Fsp3) is 0.107. The number of aromatic nitrogens is 5. The Balaban J connectivity index is 1.42. The smallest absolute Gasteiger partial charge is 0.224 e. The zero-order chi connectivity index (χ0) is 25.5. The van der Waals surface area contributed by atoms with Crippen molar-refractivity contribution in [3.63, 3.8) is 0 Å². The average Bonchev–Trinajstić information content (AvgIpc) is 3.66. The molecule has 0 saturated heterocycles. The molecule has 0 atom stereocenters. The van der Waals surface area contributed by atoms with Crippen LogP contribution in [0.4, 0.5) is 5.69 Å². The maximum absolute atomic E-state index is 11.8. The molecule has 0 bridgehead atoms. The second-order valence-electron chi connectivity index (χ2n) is 8.75. The van der Waals surface area contributed by atoms with Crippen LogP contribution in [0.2, 0.25) is 0 Å². The van der Waals surface area contributed by atoms with E-state index in [9.17, 15) is 9.59 Å². The number of amides is 1. The van der Waals surface area contributed by atoms with E-state index in [0.717, 1.165) is 59.6 Å². The van der Waals surface area contributed by atoms with Gasteiger partial charge in [-0.15, -0.1) is 11.3 Å². The maximum Gasteiger partial charge on any atom is 0.224 e. The fourth-order valence-electron chi connectivity index (χ4n) is 4.36. The predicted octanol–water partition coefficient (Wildman–Crippen LogP) is 6.45. The van der Waals surface area contributed by atoms with E-state index in [4.69, 9.17) is 0 Å². The Morgan fingerprint density at radius 3 is 2.59 bits per heavy atom. The summed E-state index contributed by atoms with van der Waals surface area (Å²) < 4.78 is 0. The zero-order valence-corrected chi connectivity index (χ0v) is 20.9. The van der Waals surface area contributed by atoms with Gasteiger partial charge >= 0.3 is 0 Å². The molecule has 37 heavy (non-hydrogen) atoms. The maximum atomic E-state index is 11.8. The van der Waals surface area contributed by atoms with Crippen molar-refractivity contribution in [3.8, 4) is 33.0 Å². The van der Waals surface area contributed by atoms with Crippen LogP contribution in [0.3, 0.4) is 0 Å². The molecule has 3 N–H and O–H groups in total. The van der Waals surface area contributed by atoms with Gasteiger partial charge < -0.3 is 10.3 Å². The van der Waals surface area contributed by atoms with Gasteiger partial charge in [-0.1, -0.05) is 13.0 Å². The molecule has 1 amide bonds. The molecule has 0 radical (unpaired) electrons. The molecule has 0 unspecified atom stereocenters. The number of carbonyl (C=O) groups is 2. The Morgan fingerprint density at radius 2 is 1.78 bits per heavy atom. The molecular weight excluding hydrogens is 484 g/mol. The first-order chi connectivity index (χ1) is 18.0. The lowest BCUT2D eigenvalue weighted by Gasteiger charge is -2.06. The molecule has 0 aliphatic carbocycles. The lowest BCUT2D eigenvalue weighted by molar-refractivity contribution is -0.115. The van der Waals surface area contributed by atoms with Crippen molar-refractivity contribution >= 4 is 50.5 Å². The van der Waals surface area contributed by atoms with Gasteiger partial charge in [0.2, 0.25) is 5.91 Å². The number of H-pyrrole nitrogens is 2. The molecule has 0 saturated carbocycles. The first kappa shape index (κ1) is 22.8. The summed E-state index contributed by atoms with van der Waals surface area (Å²) in [6.45, 7) is 3.39. The summed E-state index contributed by atoms with van der Waals surface area (Å²) >= 11 is 1.47. The van der Waals surface area contributed by atoms with Gasteiger partial charge in [-0.25, -0.2) is 0 Å². The van der Waals surface area contributed by atoms with E-state index in [0.29, 0.717) is 12.1 Å². The van der Waals surface area contributed by atoms with Gasteiger partial charge in [-0.3, -0.25) is 24.7 Å². The monoisotopic (exact) mass is 506 g/mol. The number of thiophene rings is 1. The minimum absolute atomic E-state index is 0.0541. The molecule has 8 nitrogen and oxygen atoms in total. The normalized spacial score (nSPS) is 11.3. The van der Waals surface area contributed by atoms with Crippen molar-refractivity contribution in [2.75, 3.05) is 5.32 Å².